The predicted molar refractivity (Wildman–Crippen MR) is 63.0 cm³/mol. The van der Waals surface area contributed by atoms with E-state index in [1.165, 1.54) is 0 Å². The number of hydrogen-bond acceptors (Lipinski definition) is 5. The molecule has 0 amide bonds. The lowest BCUT2D eigenvalue weighted by Gasteiger charge is -2.00. The fourth-order valence-corrected chi connectivity index (χ4v) is 0.982. The van der Waals surface area contributed by atoms with Crippen LogP contribution in [0.1, 0.15) is 0 Å². The van der Waals surface area contributed by atoms with E-state index in [1.54, 1.807) is 13.2 Å². The summed E-state index contributed by atoms with van der Waals surface area (Å²) < 4.78 is 23.9. The smallest absolute Gasteiger partial charge is 0.260 e. The summed E-state index contributed by atoms with van der Waals surface area (Å²) in [6.45, 7) is -0.284. The van der Waals surface area contributed by atoms with Crippen molar-refractivity contribution >= 4 is 21.0 Å². The van der Waals surface area contributed by atoms with Gasteiger partial charge in [-0.2, -0.15) is 8.42 Å². The summed E-state index contributed by atoms with van der Waals surface area (Å²) in [5.74, 6) is 0.734. The Hall–Kier alpha value is -1.75. The highest BCUT2D eigenvalue weighted by Gasteiger charge is 1.91. The molecule has 6 heteroatoms. The van der Waals surface area contributed by atoms with Gasteiger partial charge in [-0.1, -0.05) is 12.1 Å². The standard InChI is InChI=1S/C7H9NO.C3H4O3S/c1-9-7-5-3-2-4-6(7)8;4-2-1-3-7(5)6/h2-5H,8H2,1H3;1,4H,2H2. The number of nitrogens with two attached hydrogens (primary N) is 1. The summed E-state index contributed by atoms with van der Waals surface area (Å²) in [7, 11) is -0.678. The average molecular weight is 243 g/mol. The SMILES string of the molecule is COc1ccccc1N.O=S(=O)=C=CCO. The number of anilines is 1. The minimum absolute atomic E-state index is 0.284. The van der Waals surface area contributed by atoms with Gasteiger partial charge in [0.1, 0.15) is 5.75 Å². The Morgan fingerprint density at radius 2 is 2.12 bits per heavy atom. The van der Waals surface area contributed by atoms with Crippen molar-refractivity contribution in [3.05, 3.63) is 30.3 Å². The van der Waals surface area contributed by atoms with Crippen molar-refractivity contribution in [2.75, 3.05) is 19.5 Å². The molecule has 5 nitrogen and oxygen atoms in total. The quantitative estimate of drug-likeness (QED) is 0.567. The lowest BCUT2D eigenvalue weighted by atomic mass is 10.3. The second-order valence-corrected chi connectivity index (χ2v) is 3.19. The first-order valence-electron chi connectivity index (χ1n) is 4.28. The van der Waals surface area contributed by atoms with Gasteiger partial charge >= 0.3 is 0 Å². The Morgan fingerprint density at radius 1 is 1.50 bits per heavy atom. The van der Waals surface area contributed by atoms with Crippen LogP contribution in [0.2, 0.25) is 0 Å². The second kappa shape index (κ2) is 8.55. The van der Waals surface area contributed by atoms with Crippen LogP contribution < -0.4 is 10.5 Å². The Balaban J connectivity index is 0.000000293. The predicted octanol–water partition coefficient (Wildman–Crippen LogP) is 0.0925. The van der Waals surface area contributed by atoms with Crippen molar-refractivity contribution in [3.8, 4) is 5.75 Å². The molecule has 16 heavy (non-hydrogen) atoms. The maximum absolute atomic E-state index is 9.50. The number of aliphatic hydroxyl groups excluding tert-OH is 1. The van der Waals surface area contributed by atoms with Crippen LogP contribution in [0, 0.1) is 0 Å². The van der Waals surface area contributed by atoms with Gasteiger partial charge in [0.2, 0.25) is 0 Å². The Kier molecular flexibility index (Phi) is 7.61. The van der Waals surface area contributed by atoms with Crippen molar-refractivity contribution < 1.29 is 18.3 Å². The van der Waals surface area contributed by atoms with Crippen LogP contribution in [-0.4, -0.2) is 32.3 Å². The summed E-state index contributed by atoms with van der Waals surface area (Å²) in [4.78, 5) is 0. The lowest BCUT2D eigenvalue weighted by Crippen LogP contribution is -1.89. The molecule has 0 unspecified atom stereocenters. The fourth-order valence-electron chi connectivity index (χ4n) is 0.772. The number of aliphatic hydroxyl groups is 1. The Labute approximate surface area is 95.3 Å². The Morgan fingerprint density at radius 3 is 2.44 bits per heavy atom. The van der Waals surface area contributed by atoms with Gasteiger partial charge in [0.25, 0.3) is 10.3 Å². The first-order chi connectivity index (χ1) is 7.61. The van der Waals surface area contributed by atoms with Crippen molar-refractivity contribution in [1.29, 1.82) is 0 Å². The van der Waals surface area contributed by atoms with Gasteiger partial charge < -0.3 is 15.6 Å². The van der Waals surface area contributed by atoms with Crippen molar-refractivity contribution in [1.82, 2.24) is 0 Å². The monoisotopic (exact) mass is 243 g/mol. The molecule has 88 valence electrons. The normalized spacial score (nSPS) is 8.12. The van der Waals surface area contributed by atoms with Gasteiger partial charge in [0.05, 0.1) is 19.4 Å². The maximum Gasteiger partial charge on any atom is 0.260 e. The molecule has 0 spiro atoms. The largest absolute Gasteiger partial charge is 0.495 e. The third-order valence-electron chi connectivity index (χ3n) is 1.41. The molecule has 0 fully saturated rings. The van der Waals surface area contributed by atoms with E-state index in [9.17, 15) is 8.42 Å². The number of nitrogen functional groups attached to an aromatic ring is 1. The molecular formula is C10H13NO4S. The summed E-state index contributed by atoms with van der Waals surface area (Å²) >= 11 is 0. The van der Waals surface area contributed by atoms with E-state index in [4.69, 9.17) is 15.6 Å². The van der Waals surface area contributed by atoms with Crippen LogP contribution in [0.3, 0.4) is 0 Å². The highest BCUT2D eigenvalue weighted by molar-refractivity contribution is 7.70. The molecule has 1 rings (SSSR count). The van der Waals surface area contributed by atoms with Gasteiger partial charge in [-0.15, -0.1) is 0 Å². The van der Waals surface area contributed by atoms with Crippen LogP contribution in [0.5, 0.6) is 5.75 Å². The molecule has 0 aliphatic carbocycles. The van der Waals surface area contributed by atoms with E-state index >= 15 is 0 Å². The van der Waals surface area contributed by atoms with E-state index in [1.807, 2.05) is 23.2 Å². The minimum atomic E-state index is -2.28. The van der Waals surface area contributed by atoms with Crippen LogP contribution >= 0.6 is 0 Å². The van der Waals surface area contributed by atoms with E-state index in [2.05, 4.69) is 0 Å². The van der Waals surface area contributed by atoms with E-state index < -0.39 is 10.3 Å². The number of para-hydroxylation sites is 2. The lowest BCUT2D eigenvalue weighted by molar-refractivity contribution is 0.344. The number of rotatable bonds is 2. The van der Waals surface area contributed by atoms with E-state index in [0.29, 0.717) is 5.69 Å². The van der Waals surface area contributed by atoms with E-state index in [-0.39, 0.29) is 6.61 Å². The van der Waals surface area contributed by atoms with Gasteiger partial charge in [-0.25, -0.2) is 0 Å². The number of ether oxygens (including phenoxy) is 1. The van der Waals surface area contributed by atoms with Gasteiger partial charge in [-0.3, -0.25) is 0 Å². The van der Waals surface area contributed by atoms with Crippen LogP contribution in [-0.2, 0) is 10.3 Å². The number of methoxy groups -OCH3 is 1. The van der Waals surface area contributed by atoms with Crippen molar-refractivity contribution in [2.45, 2.75) is 0 Å². The maximum atomic E-state index is 9.50. The second-order valence-electron chi connectivity index (χ2n) is 2.48. The molecule has 0 bridgehead atoms. The van der Waals surface area contributed by atoms with Crippen molar-refractivity contribution in [3.63, 3.8) is 0 Å². The molecular weight excluding hydrogens is 230 g/mol. The Bertz CT molecular complexity index is 467. The summed E-state index contributed by atoms with van der Waals surface area (Å²) in [5.41, 5.74) is 6.19. The molecule has 0 saturated carbocycles. The molecule has 0 aromatic heterocycles. The van der Waals surface area contributed by atoms with Crippen LogP contribution in [0.4, 0.5) is 5.69 Å². The minimum Gasteiger partial charge on any atom is -0.495 e. The average Bonchev–Trinajstić information content (AvgIpc) is 2.28. The topological polar surface area (TPSA) is 89.6 Å². The first-order valence-corrected chi connectivity index (χ1v) is 5.35. The fraction of sp³-hybridized carbons (Fsp3) is 0.200. The van der Waals surface area contributed by atoms with Crippen LogP contribution in [0.25, 0.3) is 0 Å². The summed E-state index contributed by atoms with van der Waals surface area (Å²) in [5, 5.41) is 9.76. The number of hydrogen-bond donors (Lipinski definition) is 2. The third-order valence-corrected chi connectivity index (χ3v) is 1.77. The van der Waals surface area contributed by atoms with Gasteiger partial charge in [0, 0.05) is 5.02 Å². The molecule has 1 aromatic carbocycles. The highest BCUT2D eigenvalue weighted by Crippen LogP contribution is 2.18. The molecule has 0 heterocycles. The first kappa shape index (κ1) is 14.2. The van der Waals surface area contributed by atoms with Crippen molar-refractivity contribution in [2.24, 2.45) is 0 Å². The molecule has 0 aliphatic heterocycles. The third kappa shape index (κ3) is 6.67. The zero-order chi connectivity index (χ0) is 12.4. The highest BCUT2D eigenvalue weighted by atomic mass is 32.2. The zero-order valence-corrected chi connectivity index (χ0v) is 9.57. The van der Waals surface area contributed by atoms with Crippen LogP contribution in [0.15, 0.2) is 30.3 Å². The molecule has 1 aromatic rings. The summed E-state index contributed by atoms with van der Waals surface area (Å²) in [6, 6.07) is 7.39. The molecule has 0 radical (unpaired) electrons. The molecule has 0 atom stereocenters. The van der Waals surface area contributed by atoms with Gasteiger partial charge in [0.15, 0.2) is 0 Å². The van der Waals surface area contributed by atoms with Gasteiger partial charge in [-0.05, 0) is 18.2 Å². The molecule has 3 N–H and O–H groups in total. The summed E-state index contributed by atoms with van der Waals surface area (Å²) in [6.07, 6.45) is 1.02. The molecule has 0 saturated heterocycles. The molecule has 0 aliphatic rings. The van der Waals surface area contributed by atoms with E-state index in [0.717, 1.165) is 11.8 Å². The zero-order valence-electron chi connectivity index (χ0n) is 8.75. The number of benzene rings is 1.